The zero-order valence-electron chi connectivity index (χ0n) is 12.0. The number of rotatable bonds is 8. The van der Waals surface area contributed by atoms with E-state index in [0.29, 0.717) is 38.4 Å². The first-order valence-electron chi connectivity index (χ1n) is 6.87. The van der Waals surface area contributed by atoms with E-state index in [4.69, 9.17) is 16.3 Å². The number of hydrogen-bond acceptors (Lipinski definition) is 4. The molecule has 2 aromatic heterocycles. The molecule has 0 radical (unpaired) electrons. The van der Waals surface area contributed by atoms with E-state index in [-0.39, 0.29) is 5.91 Å². The van der Waals surface area contributed by atoms with Gasteiger partial charge in [-0.3, -0.25) is 9.78 Å². The quantitative estimate of drug-likeness (QED) is 0.590. The number of carbonyl (C=O) groups is 1. The lowest BCUT2D eigenvalue weighted by molar-refractivity contribution is -0.121. The number of nitrogens with zero attached hydrogens (tertiary/aromatic N) is 3. The van der Waals surface area contributed by atoms with Crippen molar-refractivity contribution in [2.45, 2.75) is 19.4 Å². The van der Waals surface area contributed by atoms with Gasteiger partial charge in [-0.15, -0.1) is 11.6 Å². The van der Waals surface area contributed by atoms with Crippen molar-refractivity contribution in [2.75, 3.05) is 26.1 Å². The topological polar surface area (TPSA) is 69.0 Å². The van der Waals surface area contributed by atoms with Crippen LogP contribution in [0.5, 0.6) is 0 Å². The highest BCUT2D eigenvalue weighted by Gasteiger charge is 2.11. The van der Waals surface area contributed by atoms with Crippen LogP contribution in [0.3, 0.4) is 0 Å². The summed E-state index contributed by atoms with van der Waals surface area (Å²) in [5.74, 6) is 1.38. The monoisotopic (exact) mass is 310 g/mol. The summed E-state index contributed by atoms with van der Waals surface area (Å²) in [5.41, 5.74) is 1.81. The van der Waals surface area contributed by atoms with Crippen molar-refractivity contribution in [1.82, 2.24) is 19.9 Å². The van der Waals surface area contributed by atoms with E-state index in [2.05, 4.69) is 15.3 Å². The van der Waals surface area contributed by atoms with Gasteiger partial charge in [0.15, 0.2) is 0 Å². The van der Waals surface area contributed by atoms with Crippen molar-refractivity contribution in [1.29, 1.82) is 0 Å². The van der Waals surface area contributed by atoms with Crippen LogP contribution in [0.1, 0.15) is 12.2 Å². The predicted octanol–water partition coefficient (Wildman–Crippen LogP) is 1.37. The molecule has 6 nitrogen and oxygen atoms in total. The summed E-state index contributed by atoms with van der Waals surface area (Å²) < 4.78 is 6.94. The highest BCUT2D eigenvalue weighted by molar-refractivity contribution is 6.17. The van der Waals surface area contributed by atoms with Crippen LogP contribution >= 0.6 is 11.6 Å². The van der Waals surface area contributed by atoms with Gasteiger partial charge in [0.2, 0.25) is 5.91 Å². The van der Waals surface area contributed by atoms with Gasteiger partial charge in [0.25, 0.3) is 0 Å². The molecule has 7 heteroatoms. The highest BCUT2D eigenvalue weighted by atomic mass is 35.5. The molecule has 0 bridgehead atoms. The SMILES string of the molecule is COCCNC(=O)CCn1c(CCCl)nc2cnccc21. The van der Waals surface area contributed by atoms with Gasteiger partial charge in [0, 0.05) is 45.1 Å². The van der Waals surface area contributed by atoms with Crippen LogP contribution in [0, 0.1) is 0 Å². The second-order valence-electron chi connectivity index (χ2n) is 4.58. The maximum absolute atomic E-state index is 11.8. The van der Waals surface area contributed by atoms with Crippen molar-refractivity contribution in [2.24, 2.45) is 0 Å². The first kappa shape index (κ1) is 15.7. The Morgan fingerprint density at radius 3 is 3.14 bits per heavy atom. The molecule has 0 spiro atoms. The molecule has 2 heterocycles. The molecule has 1 N–H and O–H groups in total. The summed E-state index contributed by atoms with van der Waals surface area (Å²) in [5, 5.41) is 2.81. The molecule has 2 rings (SSSR count). The zero-order chi connectivity index (χ0) is 15.1. The van der Waals surface area contributed by atoms with Crippen LogP contribution in [0.15, 0.2) is 18.5 Å². The molecule has 0 fully saturated rings. The highest BCUT2D eigenvalue weighted by Crippen LogP contribution is 2.16. The molecule has 0 aliphatic heterocycles. The lowest BCUT2D eigenvalue weighted by atomic mass is 10.3. The molecular weight excluding hydrogens is 292 g/mol. The molecule has 0 aromatic carbocycles. The third kappa shape index (κ3) is 4.15. The van der Waals surface area contributed by atoms with Crippen LogP contribution in [-0.2, 0) is 22.5 Å². The lowest BCUT2D eigenvalue weighted by Crippen LogP contribution is -2.27. The maximum Gasteiger partial charge on any atom is 0.221 e. The van der Waals surface area contributed by atoms with Crippen LogP contribution in [0.4, 0.5) is 0 Å². The first-order valence-corrected chi connectivity index (χ1v) is 7.40. The number of imidazole rings is 1. The molecule has 0 unspecified atom stereocenters. The molecule has 114 valence electrons. The average molecular weight is 311 g/mol. The van der Waals surface area contributed by atoms with Gasteiger partial charge in [-0.05, 0) is 6.07 Å². The standard InChI is InChI=1S/C14H19ClN4O2/c1-21-9-7-17-14(20)4-8-19-12-3-6-16-10-11(12)18-13(19)2-5-15/h3,6,10H,2,4-5,7-9H2,1H3,(H,17,20). The molecule has 21 heavy (non-hydrogen) atoms. The number of aromatic nitrogens is 3. The van der Waals surface area contributed by atoms with Crippen molar-refractivity contribution in [3.05, 3.63) is 24.3 Å². The number of aryl methyl sites for hydroxylation is 2. The number of halogens is 1. The van der Waals surface area contributed by atoms with Crippen molar-refractivity contribution >= 4 is 28.5 Å². The number of hydrogen-bond donors (Lipinski definition) is 1. The number of ether oxygens (including phenoxy) is 1. The summed E-state index contributed by atoms with van der Waals surface area (Å²) in [6.07, 6.45) is 4.51. The summed E-state index contributed by atoms with van der Waals surface area (Å²) >= 11 is 5.82. The van der Waals surface area contributed by atoms with E-state index in [0.717, 1.165) is 16.9 Å². The Hall–Kier alpha value is -1.66. The molecule has 0 saturated heterocycles. The smallest absolute Gasteiger partial charge is 0.221 e. The van der Waals surface area contributed by atoms with Crippen LogP contribution in [0.2, 0.25) is 0 Å². The van der Waals surface area contributed by atoms with E-state index in [1.165, 1.54) is 0 Å². The largest absolute Gasteiger partial charge is 0.383 e. The fourth-order valence-corrected chi connectivity index (χ4v) is 2.32. The Balaban J connectivity index is 2.06. The normalized spacial score (nSPS) is 11.0. The fraction of sp³-hybridized carbons (Fsp3) is 0.500. The first-order chi connectivity index (χ1) is 10.3. The summed E-state index contributed by atoms with van der Waals surface area (Å²) in [6, 6.07) is 1.91. The summed E-state index contributed by atoms with van der Waals surface area (Å²) in [7, 11) is 1.61. The van der Waals surface area contributed by atoms with Gasteiger partial charge < -0.3 is 14.6 Å². The van der Waals surface area contributed by atoms with Crippen molar-refractivity contribution in [3.63, 3.8) is 0 Å². The average Bonchev–Trinajstić information content (AvgIpc) is 2.83. The second-order valence-corrected chi connectivity index (χ2v) is 4.95. The van der Waals surface area contributed by atoms with Crippen LogP contribution in [-0.4, -0.2) is 46.6 Å². The number of fused-ring (bicyclic) bond motifs is 1. The minimum Gasteiger partial charge on any atom is -0.383 e. The van der Waals surface area contributed by atoms with Gasteiger partial charge in [-0.25, -0.2) is 4.98 Å². The Labute approximate surface area is 128 Å². The molecule has 0 saturated carbocycles. The van der Waals surface area contributed by atoms with Crippen LogP contribution < -0.4 is 5.32 Å². The van der Waals surface area contributed by atoms with E-state index >= 15 is 0 Å². The number of amides is 1. The van der Waals surface area contributed by atoms with Crippen molar-refractivity contribution in [3.8, 4) is 0 Å². The van der Waals surface area contributed by atoms with E-state index in [9.17, 15) is 4.79 Å². The molecule has 2 aromatic rings. The number of alkyl halides is 1. The number of methoxy groups -OCH3 is 1. The summed E-state index contributed by atoms with van der Waals surface area (Å²) in [6.45, 7) is 1.62. The van der Waals surface area contributed by atoms with Crippen LogP contribution in [0.25, 0.3) is 11.0 Å². The van der Waals surface area contributed by atoms with Gasteiger partial charge in [0.1, 0.15) is 11.3 Å². The number of carbonyl (C=O) groups excluding carboxylic acids is 1. The Morgan fingerprint density at radius 2 is 2.38 bits per heavy atom. The zero-order valence-corrected chi connectivity index (χ0v) is 12.8. The summed E-state index contributed by atoms with van der Waals surface area (Å²) in [4.78, 5) is 20.4. The third-order valence-corrected chi connectivity index (χ3v) is 3.33. The minimum absolute atomic E-state index is 0.000204. The van der Waals surface area contributed by atoms with E-state index in [1.807, 2.05) is 10.6 Å². The Kier molecular flexibility index (Phi) is 5.95. The molecule has 0 aliphatic carbocycles. The Morgan fingerprint density at radius 1 is 1.52 bits per heavy atom. The second kappa shape index (κ2) is 7.95. The molecule has 1 amide bonds. The third-order valence-electron chi connectivity index (χ3n) is 3.14. The van der Waals surface area contributed by atoms with Gasteiger partial charge in [0.05, 0.1) is 18.3 Å². The lowest BCUT2D eigenvalue weighted by Gasteiger charge is -2.09. The Bertz CT molecular complexity index is 600. The van der Waals surface area contributed by atoms with Crippen molar-refractivity contribution < 1.29 is 9.53 Å². The minimum atomic E-state index is -0.000204. The van der Waals surface area contributed by atoms with Gasteiger partial charge in [-0.1, -0.05) is 0 Å². The predicted molar refractivity (Wildman–Crippen MR) is 81.5 cm³/mol. The molecule has 0 atom stereocenters. The number of pyridine rings is 1. The molecular formula is C14H19ClN4O2. The number of nitrogens with one attached hydrogen (secondary N) is 1. The van der Waals surface area contributed by atoms with E-state index in [1.54, 1.807) is 19.5 Å². The fourth-order valence-electron chi connectivity index (χ4n) is 2.15. The van der Waals surface area contributed by atoms with Gasteiger partial charge >= 0.3 is 0 Å². The maximum atomic E-state index is 11.8. The molecule has 0 aliphatic rings. The van der Waals surface area contributed by atoms with E-state index < -0.39 is 0 Å². The van der Waals surface area contributed by atoms with Gasteiger partial charge in [-0.2, -0.15) is 0 Å².